The summed E-state index contributed by atoms with van der Waals surface area (Å²) in [6.45, 7) is 1.19. The van der Waals surface area contributed by atoms with E-state index >= 15 is 0 Å². The first-order valence-corrected chi connectivity index (χ1v) is 12.7. The van der Waals surface area contributed by atoms with E-state index < -0.39 is 60.7 Å². The number of phenols is 1. The minimum atomic E-state index is -1.60. The molecule has 0 amide bonds. The van der Waals surface area contributed by atoms with Crippen LogP contribution in [-0.4, -0.2) is 105 Å². The van der Waals surface area contributed by atoms with E-state index in [0.717, 1.165) is 0 Å². The van der Waals surface area contributed by atoms with E-state index in [1.165, 1.54) is 50.4 Å². The fourth-order valence-electron chi connectivity index (χ4n) is 4.56. The molecule has 2 fully saturated rings. The average Bonchev–Trinajstić information content (AvgIpc) is 2.95. The fourth-order valence-corrected chi connectivity index (χ4v) is 4.56. The second kappa shape index (κ2) is 11.4. The Kier molecular flexibility index (Phi) is 8.09. The summed E-state index contributed by atoms with van der Waals surface area (Å²) >= 11 is 0. The molecule has 5 rings (SSSR count). The Morgan fingerprint density at radius 2 is 1.51 bits per heavy atom. The number of fused-ring (bicyclic) bond motifs is 1. The lowest BCUT2D eigenvalue weighted by atomic mass is 10.00. The number of rotatable bonds is 6. The minimum Gasteiger partial charge on any atom is -0.504 e. The number of ether oxygens (including phenoxy) is 5. The highest BCUT2D eigenvalue weighted by Crippen LogP contribution is 2.37. The molecular weight excluding hydrogens is 548 g/mol. The molecule has 1 aromatic heterocycles. The van der Waals surface area contributed by atoms with Crippen LogP contribution in [0.4, 0.5) is 0 Å². The van der Waals surface area contributed by atoms with Crippen LogP contribution in [0.3, 0.4) is 0 Å². The van der Waals surface area contributed by atoms with Crippen LogP contribution in [0.5, 0.6) is 23.0 Å². The molecule has 9 atom stereocenters. The molecule has 14 heteroatoms. The van der Waals surface area contributed by atoms with Gasteiger partial charge in [0.25, 0.3) is 0 Å². The monoisotopic (exact) mass is 578 g/mol. The van der Waals surface area contributed by atoms with Crippen LogP contribution in [0, 0.1) is 0 Å². The summed E-state index contributed by atoms with van der Waals surface area (Å²) in [7, 11) is 1.34. The zero-order valence-electron chi connectivity index (χ0n) is 21.9. The highest BCUT2D eigenvalue weighted by molar-refractivity contribution is 5.82. The van der Waals surface area contributed by atoms with E-state index in [9.17, 15) is 40.5 Å². The van der Waals surface area contributed by atoms with E-state index in [0.29, 0.717) is 0 Å². The number of methoxy groups -OCH3 is 1. The zero-order valence-corrected chi connectivity index (χ0v) is 21.9. The van der Waals surface area contributed by atoms with Gasteiger partial charge in [-0.1, -0.05) is 0 Å². The molecular formula is C27H30O14. The molecule has 7 N–H and O–H groups in total. The standard InChI is InChI=1S/C27H30O14/c1-10-21(31)23(33)25(35)27(38-10)41-20-8-17-12(6-19(20)36-2)14(29)7-16(39-17)11-3-4-13(28)18(5-11)40-26-24(34)22(32)15(30)9-37-26/h3-8,10,15,21-28,30-35H,9H2,1-2H3/t10-,15+,21+,22-,23+,24-,25-,26-,27+/m1/s1. The SMILES string of the molecule is COc1cc2c(=O)cc(-c3ccc(O)c(O[C@H]4OC[C@H](O)[C@@H](O)[C@H]4O)c3)oc2cc1O[C@@H]1O[C@H](C)[C@H](O)[C@H](O)[C@H]1O. The Bertz CT molecular complexity index is 1460. The van der Waals surface area contributed by atoms with Crippen molar-refractivity contribution in [2.75, 3.05) is 13.7 Å². The zero-order chi connectivity index (χ0) is 29.6. The summed E-state index contributed by atoms with van der Waals surface area (Å²) in [4.78, 5) is 13.0. The third-order valence-electron chi connectivity index (χ3n) is 7.01. The Hall–Kier alpha value is -3.47. The Morgan fingerprint density at radius 3 is 2.24 bits per heavy atom. The summed E-state index contributed by atoms with van der Waals surface area (Å²) in [5.41, 5.74) is -0.107. The largest absolute Gasteiger partial charge is 0.504 e. The fraction of sp³-hybridized carbons (Fsp3) is 0.444. The molecule has 0 aliphatic carbocycles. The molecule has 2 aromatic carbocycles. The summed E-state index contributed by atoms with van der Waals surface area (Å²) in [6, 6.07) is 7.96. The number of phenolic OH excluding ortho intramolecular Hbond substituents is 1. The number of aliphatic hydroxyl groups is 6. The molecule has 2 aliphatic heterocycles. The van der Waals surface area contributed by atoms with Crippen molar-refractivity contribution in [3.05, 3.63) is 46.6 Å². The molecule has 0 spiro atoms. The first-order chi connectivity index (χ1) is 19.5. The van der Waals surface area contributed by atoms with E-state index in [4.69, 9.17) is 28.1 Å². The van der Waals surface area contributed by atoms with Crippen LogP contribution < -0.4 is 19.6 Å². The molecule has 0 saturated carbocycles. The van der Waals surface area contributed by atoms with E-state index in [1.807, 2.05) is 0 Å². The van der Waals surface area contributed by atoms with Crippen molar-refractivity contribution >= 4 is 11.0 Å². The first kappa shape index (κ1) is 29.0. The van der Waals surface area contributed by atoms with Gasteiger partial charge in [0.15, 0.2) is 28.4 Å². The lowest BCUT2D eigenvalue weighted by Crippen LogP contribution is -2.58. The van der Waals surface area contributed by atoms with Crippen LogP contribution >= 0.6 is 0 Å². The number of hydrogen-bond acceptors (Lipinski definition) is 14. The van der Waals surface area contributed by atoms with Crippen molar-refractivity contribution in [1.29, 1.82) is 0 Å². The van der Waals surface area contributed by atoms with Crippen LogP contribution in [0.2, 0.25) is 0 Å². The molecule has 14 nitrogen and oxygen atoms in total. The van der Waals surface area contributed by atoms with Crippen LogP contribution in [0.25, 0.3) is 22.3 Å². The quantitative estimate of drug-likeness (QED) is 0.191. The van der Waals surface area contributed by atoms with Gasteiger partial charge >= 0.3 is 0 Å². The molecule has 0 unspecified atom stereocenters. The van der Waals surface area contributed by atoms with E-state index in [2.05, 4.69) is 0 Å². The van der Waals surface area contributed by atoms with Gasteiger partial charge in [-0.3, -0.25) is 4.79 Å². The number of benzene rings is 2. The smallest absolute Gasteiger partial charge is 0.229 e. The predicted octanol–water partition coefficient (Wildman–Crippen LogP) is -0.802. The topological polar surface area (TPSA) is 218 Å². The van der Waals surface area contributed by atoms with Crippen LogP contribution in [-0.2, 0) is 9.47 Å². The highest BCUT2D eigenvalue weighted by atomic mass is 16.7. The van der Waals surface area contributed by atoms with Crippen molar-refractivity contribution in [3.8, 4) is 34.3 Å². The lowest BCUT2D eigenvalue weighted by molar-refractivity contribution is -0.268. The van der Waals surface area contributed by atoms with Gasteiger partial charge in [-0.05, 0) is 31.2 Å². The molecule has 222 valence electrons. The second-order valence-electron chi connectivity index (χ2n) is 9.82. The van der Waals surface area contributed by atoms with Crippen LogP contribution in [0.1, 0.15) is 6.92 Å². The predicted molar refractivity (Wildman–Crippen MR) is 138 cm³/mol. The third kappa shape index (κ3) is 5.56. The number of aromatic hydroxyl groups is 1. The van der Waals surface area contributed by atoms with Gasteiger partial charge in [-0.15, -0.1) is 0 Å². The molecule has 2 saturated heterocycles. The molecule has 3 aromatic rings. The molecule has 2 aliphatic rings. The molecule has 3 heterocycles. The molecule has 0 bridgehead atoms. The summed E-state index contributed by atoms with van der Waals surface area (Å²) in [5, 5.41) is 70.6. The van der Waals surface area contributed by atoms with Crippen molar-refractivity contribution in [1.82, 2.24) is 0 Å². The maximum Gasteiger partial charge on any atom is 0.229 e. The minimum absolute atomic E-state index is 0.0130. The van der Waals surface area contributed by atoms with Gasteiger partial charge in [-0.25, -0.2) is 0 Å². The number of aliphatic hydroxyl groups excluding tert-OH is 6. The third-order valence-corrected chi connectivity index (χ3v) is 7.01. The van der Waals surface area contributed by atoms with Gasteiger partial charge in [-0.2, -0.15) is 0 Å². The van der Waals surface area contributed by atoms with E-state index in [1.54, 1.807) is 0 Å². The van der Waals surface area contributed by atoms with Crippen LogP contribution in [0.15, 0.2) is 45.6 Å². The Balaban J connectivity index is 1.47. The number of hydrogen-bond donors (Lipinski definition) is 7. The summed E-state index contributed by atoms with van der Waals surface area (Å²) in [5.74, 6) is -0.305. The van der Waals surface area contributed by atoms with Gasteiger partial charge in [0, 0.05) is 17.7 Å². The van der Waals surface area contributed by atoms with Gasteiger partial charge in [0.05, 0.1) is 25.2 Å². The maximum absolute atomic E-state index is 13.0. The van der Waals surface area contributed by atoms with E-state index in [-0.39, 0.29) is 51.9 Å². The van der Waals surface area contributed by atoms with Gasteiger partial charge in [0.1, 0.15) is 48.0 Å². The highest BCUT2D eigenvalue weighted by Gasteiger charge is 2.43. The maximum atomic E-state index is 13.0. The van der Waals surface area contributed by atoms with Crippen molar-refractivity contribution in [2.24, 2.45) is 0 Å². The Labute approximate surface area is 232 Å². The summed E-state index contributed by atoms with van der Waals surface area (Å²) < 4.78 is 33.3. The summed E-state index contributed by atoms with van der Waals surface area (Å²) in [6.07, 6.45) is -12.5. The van der Waals surface area contributed by atoms with Crippen molar-refractivity contribution in [3.63, 3.8) is 0 Å². The van der Waals surface area contributed by atoms with Crippen molar-refractivity contribution < 1.29 is 63.8 Å². The second-order valence-corrected chi connectivity index (χ2v) is 9.82. The molecule has 41 heavy (non-hydrogen) atoms. The lowest BCUT2D eigenvalue weighted by Gasteiger charge is -2.39. The average molecular weight is 579 g/mol. The normalized spacial score (nSPS) is 32.0. The Morgan fingerprint density at radius 1 is 0.805 bits per heavy atom. The molecule has 0 radical (unpaired) electrons. The first-order valence-electron chi connectivity index (χ1n) is 12.7. The van der Waals surface area contributed by atoms with Gasteiger partial charge in [0.2, 0.25) is 12.6 Å². The van der Waals surface area contributed by atoms with Crippen molar-refractivity contribution in [2.45, 2.75) is 62.2 Å². The van der Waals surface area contributed by atoms with Gasteiger partial charge < -0.3 is 63.8 Å².